The lowest BCUT2D eigenvalue weighted by Gasteiger charge is -2.41. The van der Waals surface area contributed by atoms with Crippen molar-refractivity contribution in [1.29, 1.82) is 0 Å². The quantitative estimate of drug-likeness (QED) is 0.336. The lowest BCUT2D eigenvalue weighted by Crippen LogP contribution is -2.47. The Kier molecular flexibility index (Phi) is 6.38. The number of fused-ring (bicyclic) bond motifs is 1. The van der Waals surface area contributed by atoms with E-state index in [9.17, 15) is 4.79 Å². The standard InChI is InChI=1S/C26H26Cl2N6O/c1-4-18-12-21-24(31-32(3)25(21)16-7-6-8-17(27)11-16)23(5-2)34(18)26(35)20-13-19(9-10-22(20)28)33-14-29-30-15-33/h6-11,13-15,18,23H,4-5,12H2,1-3H3. The molecule has 0 bridgehead atoms. The lowest BCUT2D eigenvalue weighted by atomic mass is 9.87. The Bertz CT molecular complexity index is 1380. The zero-order chi connectivity index (χ0) is 24.7. The molecule has 9 heteroatoms. The molecular weight excluding hydrogens is 483 g/mol. The van der Waals surface area contributed by atoms with Gasteiger partial charge < -0.3 is 4.90 Å². The van der Waals surface area contributed by atoms with Crippen LogP contribution in [0.1, 0.15) is 54.3 Å². The maximum Gasteiger partial charge on any atom is 0.256 e. The summed E-state index contributed by atoms with van der Waals surface area (Å²) in [5.74, 6) is -0.0933. The van der Waals surface area contributed by atoms with Crippen LogP contribution in [0.3, 0.4) is 0 Å². The van der Waals surface area contributed by atoms with Gasteiger partial charge in [-0.05, 0) is 49.6 Å². The number of benzene rings is 2. The first-order valence-electron chi connectivity index (χ1n) is 11.7. The van der Waals surface area contributed by atoms with Crippen molar-refractivity contribution in [1.82, 2.24) is 29.4 Å². The number of hydrogen-bond donors (Lipinski definition) is 0. The maximum atomic E-state index is 14.0. The number of aryl methyl sites for hydroxylation is 1. The molecule has 1 aliphatic rings. The Morgan fingerprint density at radius 2 is 1.83 bits per heavy atom. The molecule has 2 aromatic heterocycles. The van der Waals surface area contributed by atoms with Crippen LogP contribution in [0.5, 0.6) is 0 Å². The summed E-state index contributed by atoms with van der Waals surface area (Å²) >= 11 is 12.9. The maximum absolute atomic E-state index is 14.0. The number of hydrogen-bond acceptors (Lipinski definition) is 4. The smallest absolute Gasteiger partial charge is 0.256 e. The number of aromatic nitrogens is 5. The van der Waals surface area contributed by atoms with E-state index in [2.05, 4.69) is 30.1 Å². The average Bonchev–Trinajstić information content (AvgIpc) is 3.50. The molecule has 5 rings (SSSR count). The van der Waals surface area contributed by atoms with Crippen LogP contribution in [-0.2, 0) is 13.5 Å². The summed E-state index contributed by atoms with van der Waals surface area (Å²) < 4.78 is 3.67. The Balaban J connectivity index is 1.59. The second-order valence-corrected chi connectivity index (χ2v) is 9.63. The first kappa shape index (κ1) is 23.6. The molecule has 35 heavy (non-hydrogen) atoms. The summed E-state index contributed by atoms with van der Waals surface area (Å²) in [5, 5.41) is 13.8. The van der Waals surface area contributed by atoms with Gasteiger partial charge in [0.1, 0.15) is 12.7 Å². The second kappa shape index (κ2) is 9.47. The fourth-order valence-electron chi connectivity index (χ4n) is 5.12. The highest BCUT2D eigenvalue weighted by Gasteiger charge is 2.40. The molecule has 1 amide bonds. The van der Waals surface area contributed by atoms with Crippen LogP contribution in [-0.4, -0.2) is 41.4 Å². The summed E-state index contributed by atoms with van der Waals surface area (Å²) in [6.07, 6.45) is 5.46. The number of halogens is 2. The highest BCUT2D eigenvalue weighted by Crippen LogP contribution is 2.42. The minimum absolute atomic E-state index is 0.0109. The minimum Gasteiger partial charge on any atom is -0.327 e. The van der Waals surface area contributed by atoms with Gasteiger partial charge in [0.05, 0.1) is 28.0 Å². The second-order valence-electron chi connectivity index (χ2n) is 8.78. The van der Waals surface area contributed by atoms with Gasteiger partial charge in [-0.15, -0.1) is 10.2 Å². The van der Waals surface area contributed by atoms with Crippen molar-refractivity contribution in [3.63, 3.8) is 0 Å². The minimum atomic E-state index is -0.162. The summed E-state index contributed by atoms with van der Waals surface area (Å²) in [5.41, 5.74) is 5.45. The van der Waals surface area contributed by atoms with Crippen LogP contribution < -0.4 is 0 Å². The zero-order valence-corrected chi connectivity index (χ0v) is 21.3. The van der Waals surface area contributed by atoms with Crippen LogP contribution in [0.4, 0.5) is 0 Å². The molecule has 0 aliphatic carbocycles. The van der Waals surface area contributed by atoms with Gasteiger partial charge in [0.15, 0.2) is 0 Å². The molecule has 180 valence electrons. The first-order valence-corrected chi connectivity index (χ1v) is 12.5. The van der Waals surface area contributed by atoms with Gasteiger partial charge in [0.25, 0.3) is 5.91 Å². The van der Waals surface area contributed by atoms with E-state index in [4.69, 9.17) is 28.3 Å². The summed E-state index contributed by atoms with van der Waals surface area (Å²) in [6.45, 7) is 4.21. The topological polar surface area (TPSA) is 68.8 Å². The predicted octanol–water partition coefficient (Wildman–Crippen LogP) is 5.90. The molecule has 1 aliphatic heterocycles. The Morgan fingerprint density at radius 1 is 1.06 bits per heavy atom. The van der Waals surface area contributed by atoms with Gasteiger partial charge in [-0.3, -0.25) is 14.0 Å². The van der Waals surface area contributed by atoms with E-state index < -0.39 is 0 Å². The number of amides is 1. The summed E-state index contributed by atoms with van der Waals surface area (Å²) in [4.78, 5) is 16.0. The molecule has 3 heterocycles. The van der Waals surface area contributed by atoms with E-state index in [1.54, 1.807) is 29.4 Å². The Morgan fingerprint density at radius 3 is 2.51 bits per heavy atom. The Hall–Kier alpha value is -3.16. The van der Waals surface area contributed by atoms with Crippen molar-refractivity contribution in [3.05, 3.63) is 82.0 Å². The van der Waals surface area contributed by atoms with Gasteiger partial charge in [0.2, 0.25) is 0 Å². The fraction of sp³-hybridized carbons (Fsp3) is 0.308. The molecule has 2 aromatic carbocycles. The van der Waals surface area contributed by atoms with Gasteiger partial charge in [-0.25, -0.2) is 0 Å². The number of carbonyl (C=O) groups is 1. The molecule has 7 nitrogen and oxygen atoms in total. The first-order chi connectivity index (χ1) is 16.9. The number of rotatable bonds is 5. The Labute approximate surface area is 214 Å². The van der Waals surface area contributed by atoms with Crippen molar-refractivity contribution in [2.45, 2.75) is 45.2 Å². The molecule has 0 spiro atoms. The van der Waals surface area contributed by atoms with Gasteiger partial charge in [0, 0.05) is 34.9 Å². The molecule has 0 saturated carbocycles. The largest absolute Gasteiger partial charge is 0.327 e. The molecule has 0 saturated heterocycles. The normalized spacial score (nSPS) is 17.5. The van der Waals surface area contributed by atoms with E-state index in [-0.39, 0.29) is 18.0 Å². The third-order valence-corrected chi connectivity index (χ3v) is 7.31. The predicted molar refractivity (Wildman–Crippen MR) is 137 cm³/mol. The van der Waals surface area contributed by atoms with Crippen molar-refractivity contribution in [3.8, 4) is 16.9 Å². The van der Waals surface area contributed by atoms with Crippen LogP contribution in [0.15, 0.2) is 55.1 Å². The van der Waals surface area contributed by atoms with Crippen LogP contribution >= 0.6 is 23.2 Å². The summed E-state index contributed by atoms with van der Waals surface area (Å²) in [7, 11) is 1.95. The molecule has 0 fully saturated rings. The van der Waals surface area contributed by atoms with E-state index in [0.29, 0.717) is 22.0 Å². The van der Waals surface area contributed by atoms with Crippen LogP contribution in [0.2, 0.25) is 10.0 Å². The highest BCUT2D eigenvalue weighted by atomic mass is 35.5. The monoisotopic (exact) mass is 508 g/mol. The van der Waals surface area contributed by atoms with E-state index in [1.807, 2.05) is 40.9 Å². The van der Waals surface area contributed by atoms with Crippen molar-refractivity contribution in [2.75, 3.05) is 0 Å². The van der Waals surface area contributed by atoms with Gasteiger partial charge in [-0.2, -0.15) is 5.10 Å². The van der Waals surface area contributed by atoms with Crippen LogP contribution in [0, 0.1) is 0 Å². The highest BCUT2D eigenvalue weighted by molar-refractivity contribution is 6.34. The lowest BCUT2D eigenvalue weighted by molar-refractivity contribution is 0.0513. The summed E-state index contributed by atoms with van der Waals surface area (Å²) in [6, 6.07) is 13.1. The molecular formula is C26H26Cl2N6O. The van der Waals surface area contributed by atoms with Crippen molar-refractivity contribution >= 4 is 29.1 Å². The zero-order valence-electron chi connectivity index (χ0n) is 19.8. The molecule has 2 unspecified atom stereocenters. The molecule has 2 atom stereocenters. The average molecular weight is 509 g/mol. The van der Waals surface area contributed by atoms with Gasteiger partial charge >= 0.3 is 0 Å². The van der Waals surface area contributed by atoms with E-state index >= 15 is 0 Å². The third kappa shape index (κ3) is 4.13. The molecule has 0 N–H and O–H groups in total. The van der Waals surface area contributed by atoms with E-state index in [0.717, 1.165) is 35.5 Å². The SMILES string of the molecule is CCC1Cc2c(nn(C)c2-c2cccc(Cl)c2)C(CC)N1C(=O)c1cc(-n2cnnc2)ccc1Cl. The van der Waals surface area contributed by atoms with E-state index in [1.165, 1.54) is 5.56 Å². The molecule has 4 aromatic rings. The van der Waals surface area contributed by atoms with Crippen molar-refractivity contribution < 1.29 is 4.79 Å². The third-order valence-electron chi connectivity index (χ3n) is 6.75. The number of nitrogens with zero attached hydrogens (tertiary/aromatic N) is 6. The van der Waals surface area contributed by atoms with Crippen LogP contribution in [0.25, 0.3) is 16.9 Å². The number of carbonyl (C=O) groups excluding carboxylic acids is 1. The van der Waals surface area contributed by atoms with Gasteiger partial charge in [-0.1, -0.05) is 49.2 Å². The fourth-order valence-corrected chi connectivity index (χ4v) is 5.51. The van der Waals surface area contributed by atoms with Crippen molar-refractivity contribution in [2.24, 2.45) is 7.05 Å². The molecule has 0 radical (unpaired) electrons.